The van der Waals surface area contributed by atoms with Crippen molar-refractivity contribution in [2.75, 3.05) is 20.6 Å². The Hall–Kier alpha value is -2.60. The van der Waals surface area contributed by atoms with E-state index in [9.17, 15) is 9.59 Å². The van der Waals surface area contributed by atoms with E-state index < -0.39 is 0 Å². The van der Waals surface area contributed by atoms with Gasteiger partial charge in [-0.05, 0) is 30.2 Å². The standard InChI is InChI=1S/C18H21ClN4O2/c1-23(2)18(25)22-12-15-11-14(8-9-20-15)17(24)21-10-7-13-5-3-4-6-16(13)19/h3-6,8-9,11H,7,10,12H2,1-2H3,(H,21,24)(H,22,25). The third-order valence-corrected chi connectivity index (χ3v) is 3.91. The molecule has 0 saturated heterocycles. The van der Waals surface area contributed by atoms with Gasteiger partial charge in [-0.25, -0.2) is 4.79 Å². The number of hydrogen-bond acceptors (Lipinski definition) is 3. The first-order valence-corrected chi connectivity index (χ1v) is 8.27. The minimum Gasteiger partial charge on any atom is -0.352 e. The summed E-state index contributed by atoms with van der Waals surface area (Å²) in [6, 6.07) is 10.7. The van der Waals surface area contributed by atoms with Crippen LogP contribution in [-0.2, 0) is 13.0 Å². The second-order valence-corrected chi connectivity index (χ2v) is 6.09. The SMILES string of the molecule is CN(C)C(=O)NCc1cc(C(=O)NCCc2ccccc2Cl)ccn1. The van der Waals surface area contributed by atoms with Crippen molar-refractivity contribution in [3.05, 3.63) is 64.4 Å². The van der Waals surface area contributed by atoms with Crippen molar-refractivity contribution in [2.24, 2.45) is 0 Å². The minimum atomic E-state index is -0.212. The number of nitrogens with one attached hydrogen (secondary N) is 2. The molecular formula is C18H21ClN4O2. The van der Waals surface area contributed by atoms with Crippen LogP contribution in [0.5, 0.6) is 0 Å². The number of hydrogen-bond donors (Lipinski definition) is 2. The van der Waals surface area contributed by atoms with Crippen molar-refractivity contribution < 1.29 is 9.59 Å². The monoisotopic (exact) mass is 360 g/mol. The van der Waals surface area contributed by atoms with Crippen LogP contribution in [0.3, 0.4) is 0 Å². The number of halogens is 1. The molecule has 0 aliphatic rings. The highest BCUT2D eigenvalue weighted by atomic mass is 35.5. The molecule has 1 heterocycles. The van der Waals surface area contributed by atoms with Crippen molar-refractivity contribution in [1.82, 2.24) is 20.5 Å². The predicted molar refractivity (Wildman–Crippen MR) is 97.6 cm³/mol. The molecule has 7 heteroatoms. The van der Waals surface area contributed by atoms with Crippen LogP contribution in [-0.4, -0.2) is 42.5 Å². The van der Waals surface area contributed by atoms with Crippen molar-refractivity contribution in [2.45, 2.75) is 13.0 Å². The normalized spacial score (nSPS) is 10.2. The maximum atomic E-state index is 12.3. The zero-order valence-electron chi connectivity index (χ0n) is 14.3. The molecule has 3 amide bonds. The van der Waals surface area contributed by atoms with Gasteiger partial charge in [0.15, 0.2) is 0 Å². The number of urea groups is 1. The number of rotatable bonds is 6. The minimum absolute atomic E-state index is 0.186. The van der Waals surface area contributed by atoms with Gasteiger partial charge in [0.25, 0.3) is 5.91 Å². The zero-order chi connectivity index (χ0) is 18.2. The van der Waals surface area contributed by atoms with Gasteiger partial charge in [0.05, 0.1) is 12.2 Å². The summed E-state index contributed by atoms with van der Waals surface area (Å²) in [6.07, 6.45) is 2.21. The molecule has 1 aromatic carbocycles. The van der Waals surface area contributed by atoms with Crippen LogP contribution in [0.4, 0.5) is 4.79 Å². The summed E-state index contributed by atoms with van der Waals surface area (Å²) in [6.45, 7) is 0.745. The Labute approximate surface area is 152 Å². The van der Waals surface area contributed by atoms with Crippen LogP contribution in [0.2, 0.25) is 5.02 Å². The molecule has 2 N–H and O–H groups in total. The Morgan fingerprint density at radius 3 is 2.64 bits per heavy atom. The van der Waals surface area contributed by atoms with E-state index >= 15 is 0 Å². The zero-order valence-corrected chi connectivity index (χ0v) is 15.0. The van der Waals surface area contributed by atoms with Crippen LogP contribution < -0.4 is 10.6 Å². The van der Waals surface area contributed by atoms with E-state index in [4.69, 9.17) is 11.6 Å². The summed E-state index contributed by atoms with van der Waals surface area (Å²) < 4.78 is 0. The largest absolute Gasteiger partial charge is 0.352 e. The lowest BCUT2D eigenvalue weighted by molar-refractivity contribution is 0.0954. The molecule has 2 rings (SSSR count). The van der Waals surface area contributed by atoms with Crippen molar-refractivity contribution in [3.8, 4) is 0 Å². The Kier molecular flexibility index (Phi) is 6.77. The first-order chi connectivity index (χ1) is 12.0. The van der Waals surface area contributed by atoms with Crippen molar-refractivity contribution >= 4 is 23.5 Å². The molecule has 0 radical (unpaired) electrons. The number of amides is 3. The van der Waals surface area contributed by atoms with Gasteiger partial charge in [0.1, 0.15) is 0 Å². The van der Waals surface area contributed by atoms with Crippen LogP contribution in [0, 0.1) is 0 Å². The van der Waals surface area contributed by atoms with E-state index in [0.717, 1.165) is 5.56 Å². The van der Waals surface area contributed by atoms with Gasteiger partial charge in [-0.2, -0.15) is 0 Å². The van der Waals surface area contributed by atoms with Gasteiger partial charge in [0, 0.05) is 37.4 Å². The molecule has 6 nitrogen and oxygen atoms in total. The van der Waals surface area contributed by atoms with E-state index in [1.54, 1.807) is 32.4 Å². The molecule has 0 saturated carbocycles. The molecule has 0 spiro atoms. The molecule has 0 bridgehead atoms. The Balaban J connectivity index is 1.88. The molecule has 0 aliphatic heterocycles. The molecule has 0 unspecified atom stereocenters. The number of carbonyl (C=O) groups is 2. The van der Waals surface area contributed by atoms with E-state index in [1.165, 1.54) is 4.90 Å². The molecule has 132 valence electrons. The molecule has 25 heavy (non-hydrogen) atoms. The highest BCUT2D eigenvalue weighted by molar-refractivity contribution is 6.31. The lowest BCUT2D eigenvalue weighted by Gasteiger charge is -2.12. The third-order valence-electron chi connectivity index (χ3n) is 3.54. The van der Waals surface area contributed by atoms with Gasteiger partial charge in [-0.3, -0.25) is 9.78 Å². The fourth-order valence-corrected chi connectivity index (χ4v) is 2.38. The second-order valence-electron chi connectivity index (χ2n) is 5.69. The van der Waals surface area contributed by atoms with Gasteiger partial charge in [0.2, 0.25) is 0 Å². The Bertz CT molecular complexity index is 749. The lowest BCUT2D eigenvalue weighted by atomic mass is 10.1. The molecule has 0 atom stereocenters. The number of benzene rings is 1. The molecule has 0 aliphatic carbocycles. The maximum Gasteiger partial charge on any atom is 0.317 e. The van der Waals surface area contributed by atoms with Gasteiger partial charge < -0.3 is 15.5 Å². The molecule has 0 fully saturated rings. The predicted octanol–water partition coefficient (Wildman–Crippen LogP) is 2.48. The molecular weight excluding hydrogens is 340 g/mol. The van der Waals surface area contributed by atoms with E-state index in [1.807, 2.05) is 24.3 Å². The molecule has 2 aromatic rings. The van der Waals surface area contributed by atoms with Gasteiger partial charge in [-0.15, -0.1) is 0 Å². The average Bonchev–Trinajstić information content (AvgIpc) is 2.61. The van der Waals surface area contributed by atoms with Crippen LogP contribution in [0.15, 0.2) is 42.6 Å². The average molecular weight is 361 g/mol. The van der Waals surface area contributed by atoms with Crippen LogP contribution in [0.1, 0.15) is 21.6 Å². The fraction of sp³-hybridized carbons (Fsp3) is 0.278. The summed E-state index contributed by atoms with van der Waals surface area (Å²) in [5.41, 5.74) is 2.11. The summed E-state index contributed by atoms with van der Waals surface area (Å²) in [5.74, 6) is -0.186. The summed E-state index contributed by atoms with van der Waals surface area (Å²) in [4.78, 5) is 29.4. The lowest BCUT2D eigenvalue weighted by Crippen LogP contribution is -2.34. The summed E-state index contributed by atoms with van der Waals surface area (Å²) >= 11 is 6.10. The summed E-state index contributed by atoms with van der Waals surface area (Å²) in [5, 5.41) is 6.27. The number of aromatic nitrogens is 1. The number of pyridine rings is 1. The van der Waals surface area contributed by atoms with E-state index in [2.05, 4.69) is 15.6 Å². The smallest absolute Gasteiger partial charge is 0.317 e. The number of nitrogens with zero attached hydrogens (tertiary/aromatic N) is 2. The Morgan fingerprint density at radius 2 is 1.92 bits per heavy atom. The summed E-state index contributed by atoms with van der Waals surface area (Å²) in [7, 11) is 3.32. The fourth-order valence-electron chi connectivity index (χ4n) is 2.15. The maximum absolute atomic E-state index is 12.3. The first kappa shape index (κ1) is 18.7. The van der Waals surface area contributed by atoms with Crippen molar-refractivity contribution in [3.63, 3.8) is 0 Å². The topological polar surface area (TPSA) is 74.3 Å². The molecule has 1 aromatic heterocycles. The van der Waals surface area contributed by atoms with Crippen LogP contribution >= 0.6 is 11.6 Å². The Morgan fingerprint density at radius 1 is 1.16 bits per heavy atom. The first-order valence-electron chi connectivity index (χ1n) is 7.89. The van der Waals surface area contributed by atoms with Gasteiger partial charge in [-0.1, -0.05) is 29.8 Å². The van der Waals surface area contributed by atoms with Gasteiger partial charge >= 0.3 is 6.03 Å². The van der Waals surface area contributed by atoms with Crippen molar-refractivity contribution in [1.29, 1.82) is 0 Å². The highest BCUT2D eigenvalue weighted by Crippen LogP contribution is 2.14. The quantitative estimate of drug-likeness (QED) is 0.831. The highest BCUT2D eigenvalue weighted by Gasteiger charge is 2.08. The number of carbonyl (C=O) groups excluding carboxylic acids is 2. The van der Waals surface area contributed by atoms with Crippen LogP contribution in [0.25, 0.3) is 0 Å². The van der Waals surface area contributed by atoms with E-state index in [-0.39, 0.29) is 18.5 Å². The third kappa shape index (κ3) is 5.76. The second kappa shape index (κ2) is 9.03. The van der Waals surface area contributed by atoms with E-state index in [0.29, 0.717) is 29.2 Å².